The van der Waals surface area contributed by atoms with Gasteiger partial charge in [0.15, 0.2) is 0 Å². The van der Waals surface area contributed by atoms with Gasteiger partial charge in [0, 0.05) is 24.0 Å². The van der Waals surface area contributed by atoms with Gasteiger partial charge in [-0.2, -0.15) is 0 Å². The van der Waals surface area contributed by atoms with Gasteiger partial charge in [-0.1, -0.05) is 6.07 Å². The number of amides is 2. The highest BCUT2D eigenvalue weighted by molar-refractivity contribution is 9.10. The molecule has 196 valence electrons. The van der Waals surface area contributed by atoms with E-state index in [1.54, 1.807) is 40.1 Å². The Morgan fingerprint density at radius 2 is 1.97 bits per heavy atom. The van der Waals surface area contributed by atoms with Gasteiger partial charge in [0.2, 0.25) is 11.8 Å². The molecule has 1 fully saturated rings. The van der Waals surface area contributed by atoms with E-state index in [2.05, 4.69) is 41.2 Å². The highest BCUT2D eigenvalue weighted by Gasteiger charge is 2.39. The summed E-state index contributed by atoms with van der Waals surface area (Å²) in [6.07, 6.45) is 6.09. The summed E-state index contributed by atoms with van der Waals surface area (Å²) in [5.74, 6) is 0.233. The fourth-order valence-electron chi connectivity index (χ4n) is 5.19. The third kappa shape index (κ3) is 4.56. The second kappa shape index (κ2) is 10.0. The molecule has 12 heteroatoms. The molecule has 1 aliphatic rings. The second-order valence-corrected chi connectivity index (χ2v) is 10.2. The lowest BCUT2D eigenvalue weighted by molar-refractivity contribution is -0.138. The molecule has 0 radical (unpaired) electrons. The minimum Gasteiger partial charge on any atom is -0.383 e. The van der Waals surface area contributed by atoms with Crippen LogP contribution in [0.2, 0.25) is 0 Å². The van der Waals surface area contributed by atoms with Crippen molar-refractivity contribution in [2.45, 2.75) is 38.4 Å². The van der Waals surface area contributed by atoms with E-state index in [9.17, 15) is 9.59 Å². The minimum absolute atomic E-state index is 0.0341. The number of rotatable bonds is 5. The first-order valence-corrected chi connectivity index (χ1v) is 13.2. The Morgan fingerprint density at radius 3 is 2.77 bits per heavy atom. The molecule has 2 amide bonds. The Balaban J connectivity index is 1.35. The first-order valence-electron chi connectivity index (χ1n) is 12.4. The fraction of sp³-hybridized carbons (Fsp3) is 0.222. The van der Waals surface area contributed by atoms with E-state index >= 15 is 0 Å². The lowest BCUT2D eigenvalue weighted by Gasteiger charge is -2.28. The quantitative estimate of drug-likeness (QED) is 0.296. The van der Waals surface area contributed by atoms with Crippen molar-refractivity contribution in [1.82, 2.24) is 34.4 Å². The van der Waals surface area contributed by atoms with Crippen LogP contribution in [0.25, 0.3) is 33.3 Å². The normalized spacial score (nSPS) is 17.1. The molecule has 6 heterocycles. The van der Waals surface area contributed by atoms with Gasteiger partial charge in [0.05, 0.1) is 16.6 Å². The molecular formula is C27H24BrN9O2. The largest absolute Gasteiger partial charge is 0.383 e. The summed E-state index contributed by atoms with van der Waals surface area (Å²) in [5.41, 5.74) is 9.65. The smallest absolute Gasteiger partial charge is 0.248 e. The van der Waals surface area contributed by atoms with E-state index in [1.165, 1.54) is 6.33 Å². The molecule has 2 atom stereocenters. The van der Waals surface area contributed by atoms with Gasteiger partial charge in [0.25, 0.3) is 0 Å². The lowest BCUT2D eigenvalue weighted by Crippen LogP contribution is -2.47. The number of hydrogen-bond donors (Lipinski definition) is 2. The first kappa shape index (κ1) is 24.9. The number of nitrogen functional groups attached to an aromatic ring is 1. The van der Waals surface area contributed by atoms with Crippen LogP contribution in [0.5, 0.6) is 0 Å². The van der Waals surface area contributed by atoms with Gasteiger partial charge in [-0.15, -0.1) is 0 Å². The first-order chi connectivity index (χ1) is 18.9. The summed E-state index contributed by atoms with van der Waals surface area (Å²) in [4.78, 5) is 50.6. The van der Waals surface area contributed by atoms with Gasteiger partial charge in [0.1, 0.15) is 46.3 Å². The highest BCUT2D eigenvalue weighted by Crippen LogP contribution is 2.32. The molecule has 3 N–H and O–H groups in total. The molecular weight excluding hydrogens is 562 g/mol. The Hall–Kier alpha value is -4.45. The van der Waals surface area contributed by atoms with Crippen LogP contribution in [0.1, 0.15) is 19.8 Å². The average molecular weight is 586 g/mol. The number of pyridine rings is 3. The van der Waals surface area contributed by atoms with Crippen LogP contribution >= 0.6 is 15.9 Å². The van der Waals surface area contributed by atoms with Crippen molar-refractivity contribution in [2.24, 2.45) is 0 Å². The summed E-state index contributed by atoms with van der Waals surface area (Å²) in [6.45, 7) is 1.92. The van der Waals surface area contributed by atoms with Crippen molar-refractivity contribution in [3.8, 4) is 11.3 Å². The maximum Gasteiger partial charge on any atom is 0.248 e. The predicted octanol–water partition coefficient (Wildman–Crippen LogP) is 3.80. The van der Waals surface area contributed by atoms with E-state index in [4.69, 9.17) is 10.7 Å². The van der Waals surface area contributed by atoms with Crippen molar-refractivity contribution in [3.05, 3.63) is 65.8 Å². The molecule has 6 rings (SSSR count). The second-order valence-electron chi connectivity index (χ2n) is 9.43. The van der Waals surface area contributed by atoms with Gasteiger partial charge in [-0.3, -0.25) is 14.6 Å². The van der Waals surface area contributed by atoms with E-state index in [1.807, 2.05) is 31.2 Å². The van der Waals surface area contributed by atoms with E-state index < -0.39 is 6.04 Å². The number of carbonyl (C=O) groups is 2. The molecule has 11 nitrogen and oxygen atoms in total. The number of hydrogen-bond acceptors (Lipinski definition) is 8. The third-order valence-electron chi connectivity index (χ3n) is 6.99. The molecule has 0 bridgehead atoms. The fourth-order valence-corrected chi connectivity index (χ4v) is 5.53. The van der Waals surface area contributed by atoms with Gasteiger partial charge in [-0.05, 0) is 72.1 Å². The number of anilines is 2. The van der Waals surface area contributed by atoms with Crippen LogP contribution in [-0.2, 0) is 16.1 Å². The van der Waals surface area contributed by atoms with Crippen LogP contribution in [0, 0.1) is 0 Å². The van der Waals surface area contributed by atoms with E-state index in [0.29, 0.717) is 45.3 Å². The van der Waals surface area contributed by atoms with Gasteiger partial charge < -0.3 is 20.5 Å². The molecule has 1 aliphatic heterocycles. The SMILES string of the molecule is C[C@@H]1CC[C@@H](C(=O)Nc2cccc(Br)n2)N1C(=O)Cn1c2ccc(-c3cccnc3)nc2c2c(N)ncnc21. The Bertz CT molecular complexity index is 1720. The molecule has 5 aromatic heterocycles. The van der Waals surface area contributed by atoms with Gasteiger partial charge >= 0.3 is 0 Å². The van der Waals surface area contributed by atoms with Crippen LogP contribution in [0.15, 0.2) is 65.8 Å². The standard InChI is InChI=1S/C27H24BrN9O2/c1-15-7-9-19(27(39)35-21-6-2-5-20(28)34-21)37(15)22(38)13-36-18-10-8-17(16-4-3-11-30-12-16)33-24(18)23-25(29)31-14-32-26(23)36/h2-6,8,10-12,14-15,19H,7,9,13H2,1H3,(H2,29,31,32)(H,34,35,39)/t15-,19+/m1/s1. The van der Waals surface area contributed by atoms with E-state index in [-0.39, 0.29) is 30.2 Å². The Morgan fingerprint density at radius 1 is 1.10 bits per heavy atom. The van der Waals surface area contributed by atoms with Crippen molar-refractivity contribution in [3.63, 3.8) is 0 Å². The van der Waals surface area contributed by atoms with Crippen molar-refractivity contribution >= 4 is 61.4 Å². The number of aromatic nitrogens is 6. The molecule has 0 aliphatic carbocycles. The number of nitrogens with two attached hydrogens (primary N) is 1. The summed E-state index contributed by atoms with van der Waals surface area (Å²) < 4.78 is 2.40. The van der Waals surface area contributed by atoms with Crippen molar-refractivity contribution in [1.29, 1.82) is 0 Å². The zero-order valence-corrected chi connectivity index (χ0v) is 22.5. The molecule has 5 aromatic rings. The number of nitrogens with zero attached hydrogens (tertiary/aromatic N) is 7. The number of carbonyl (C=O) groups excluding carboxylic acids is 2. The number of halogens is 1. The third-order valence-corrected chi connectivity index (χ3v) is 7.43. The maximum absolute atomic E-state index is 13.8. The average Bonchev–Trinajstić information content (AvgIpc) is 3.47. The summed E-state index contributed by atoms with van der Waals surface area (Å²) >= 11 is 3.32. The summed E-state index contributed by atoms with van der Waals surface area (Å²) in [7, 11) is 0. The van der Waals surface area contributed by atoms with Crippen LogP contribution in [0.3, 0.4) is 0 Å². The van der Waals surface area contributed by atoms with Gasteiger partial charge in [-0.25, -0.2) is 19.9 Å². The topological polar surface area (TPSA) is 145 Å². The number of likely N-dealkylation sites (tertiary alicyclic amines) is 1. The Kier molecular flexibility index (Phi) is 6.39. The number of fused-ring (bicyclic) bond motifs is 3. The summed E-state index contributed by atoms with van der Waals surface area (Å²) in [6, 6.07) is 12.1. The molecule has 0 saturated carbocycles. The van der Waals surface area contributed by atoms with Crippen LogP contribution in [-0.4, -0.2) is 58.3 Å². The zero-order chi connectivity index (χ0) is 27.1. The molecule has 39 heavy (non-hydrogen) atoms. The minimum atomic E-state index is -0.614. The van der Waals surface area contributed by atoms with Crippen LogP contribution in [0.4, 0.5) is 11.6 Å². The highest BCUT2D eigenvalue weighted by atomic mass is 79.9. The molecule has 0 unspecified atom stereocenters. The maximum atomic E-state index is 13.8. The molecule has 0 aromatic carbocycles. The Labute approximate surface area is 231 Å². The predicted molar refractivity (Wildman–Crippen MR) is 150 cm³/mol. The lowest BCUT2D eigenvalue weighted by atomic mass is 10.2. The monoisotopic (exact) mass is 585 g/mol. The zero-order valence-electron chi connectivity index (χ0n) is 21.0. The van der Waals surface area contributed by atoms with Crippen LogP contribution < -0.4 is 11.1 Å². The molecule has 0 spiro atoms. The number of nitrogens with one attached hydrogen (secondary N) is 1. The van der Waals surface area contributed by atoms with Crippen molar-refractivity contribution in [2.75, 3.05) is 11.1 Å². The van der Waals surface area contributed by atoms with Crippen molar-refractivity contribution < 1.29 is 9.59 Å². The molecule has 1 saturated heterocycles. The summed E-state index contributed by atoms with van der Waals surface area (Å²) in [5, 5.41) is 3.42. The van der Waals surface area contributed by atoms with E-state index in [0.717, 1.165) is 11.3 Å².